The molecular formula is C10H7Cl3O. The maximum atomic E-state index is 10.1. The smallest absolute Gasteiger partial charge is 0.123 e. The largest absolute Gasteiger partial charge is 0.303 e. The van der Waals surface area contributed by atoms with Crippen LogP contribution in [0.5, 0.6) is 0 Å². The Morgan fingerprint density at radius 3 is 2.36 bits per heavy atom. The van der Waals surface area contributed by atoms with Crippen LogP contribution in [0.25, 0.3) is 6.08 Å². The SMILES string of the molecule is O=CCC=Cc1cc(Cl)c(Cl)cc1Cl. The van der Waals surface area contributed by atoms with Gasteiger partial charge in [0.1, 0.15) is 6.29 Å². The molecule has 0 heterocycles. The highest BCUT2D eigenvalue weighted by molar-refractivity contribution is 6.43. The summed E-state index contributed by atoms with van der Waals surface area (Å²) in [4.78, 5) is 10.1. The molecule has 0 aromatic heterocycles. The average molecular weight is 250 g/mol. The Kier molecular flexibility index (Phi) is 4.46. The minimum Gasteiger partial charge on any atom is -0.303 e. The molecule has 0 aliphatic heterocycles. The number of allylic oxidation sites excluding steroid dienone is 1. The third kappa shape index (κ3) is 3.02. The molecule has 0 amide bonds. The normalized spacial score (nSPS) is 10.8. The molecular weight excluding hydrogens is 242 g/mol. The molecule has 0 saturated carbocycles. The lowest BCUT2D eigenvalue weighted by Crippen LogP contribution is -1.77. The summed E-state index contributed by atoms with van der Waals surface area (Å²) in [6, 6.07) is 3.24. The third-order valence-electron chi connectivity index (χ3n) is 1.57. The van der Waals surface area contributed by atoms with Gasteiger partial charge in [-0.05, 0) is 17.7 Å². The molecule has 1 rings (SSSR count). The van der Waals surface area contributed by atoms with E-state index in [1.807, 2.05) is 0 Å². The zero-order chi connectivity index (χ0) is 10.6. The van der Waals surface area contributed by atoms with Crippen LogP contribution in [-0.4, -0.2) is 6.29 Å². The zero-order valence-electron chi connectivity index (χ0n) is 7.14. The zero-order valence-corrected chi connectivity index (χ0v) is 9.40. The van der Waals surface area contributed by atoms with Crippen LogP contribution in [-0.2, 0) is 4.79 Å². The summed E-state index contributed by atoms with van der Waals surface area (Å²) < 4.78 is 0. The van der Waals surface area contributed by atoms with E-state index in [-0.39, 0.29) is 0 Å². The van der Waals surface area contributed by atoms with Crippen LogP contribution in [0.15, 0.2) is 18.2 Å². The first-order chi connectivity index (χ1) is 6.65. The Balaban J connectivity index is 2.97. The van der Waals surface area contributed by atoms with Crippen molar-refractivity contribution in [2.24, 2.45) is 0 Å². The van der Waals surface area contributed by atoms with E-state index >= 15 is 0 Å². The van der Waals surface area contributed by atoms with Gasteiger partial charge in [-0.25, -0.2) is 0 Å². The van der Waals surface area contributed by atoms with Gasteiger partial charge in [-0.1, -0.05) is 47.0 Å². The Morgan fingerprint density at radius 2 is 1.71 bits per heavy atom. The van der Waals surface area contributed by atoms with E-state index in [1.165, 1.54) is 0 Å². The van der Waals surface area contributed by atoms with Crippen LogP contribution in [0.1, 0.15) is 12.0 Å². The molecule has 1 aromatic rings. The first kappa shape index (κ1) is 11.6. The predicted molar refractivity (Wildman–Crippen MR) is 61.2 cm³/mol. The molecule has 0 bridgehead atoms. The summed E-state index contributed by atoms with van der Waals surface area (Å²) in [6.45, 7) is 0. The van der Waals surface area contributed by atoms with Crippen LogP contribution in [0.4, 0.5) is 0 Å². The molecule has 1 nitrogen and oxygen atoms in total. The summed E-state index contributed by atoms with van der Waals surface area (Å²) in [5.74, 6) is 0. The van der Waals surface area contributed by atoms with Crippen molar-refractivity contribution in [2.45, 2.75) is 6.42 Å². The average Bonchev–Trinajstić information content (AvgIpc) is 2.14. The van der Waals surface area contributed by atoms with Gasteiger partial charge < -0.3 is 4.79 Å². The molecule has 0 spiro atoms. The lowest BCUT2D eigenvalue weighted by Gasteiger charge is -2.01. The molecule has 0 unspecified atom stereocenters. The fraction of sp³-hybridized carbons (Fsp3) is 0.100. The molecule has 14 heavy (non-hydrogen) atoms. The highest BCUT2D eigenvalue weighted by Crippen LogP contribution is 2.29. The maximum absolute atomic E-state index is 10.1. The van der Waals surface area contributed by atoms with Gasteiger partial charge in [0.15, 0.2) is 0 Å². The number of benzene rings is 1. The predicted octanol–water partition coefficient (Wildman–Crippen LogP) is 4.25. The Hall–Kier alpha value is -0.500. The van der Waals surface area contributed by atoms with Gasteiger partial charge in [0, 0.05) is 11.4 Å². The lowest BCUT2D eigenvalue weighted by atomic mass is 10.2. The van der Waals surface area contributed by atoms with E-state index in [0.717, 1.165) is 11.8 Å². The van der Waals surface area contributed by atoms with Gasteiger partial charge in [0.05, 0.1) is 10.0 Å². The van der Waals surface area contributed by atoms with Gasteiger partial charge in [-0.15, -0.1) is 0 Å². The van der Waals surface area contributed by atoms with Gasteiger partial charge >= 0.3 is 0 Å². The van der Waals surface area contributed by atoms with Crippen molar-refractivity contribution >= 4 is 47.2 Å². The highest BCUT2D eigenvalue weighted by atomic mass is 35.5. The topological polar surface area (TPSA) is 17.1 Å². The number of rotatable bonds is 3. The standard InChI is InChI=1S/C10H7Cl3O/c11-8-6-10(13)9(12)5-7(8)3-1-2-4-14/h1,3-6H,2H2. The molecule has 0 radical (unpaired) electrons. The van der Waals surface area contributed by atoms with Crippen molar-refractivity contribution in [1.82, 2.24) is 0 Å². The molecule has 1 aromatic carbocycles. The molecule has 0 fully saturated rings. The minimum absolute atomic E-state index is 0.358. The van der Waals surface area contributed by atoms with Crippen LogP contribution >= 0.6 is 34.8 Å². The number of halogens is 3. The quantitative estimate of drug-likeness (QED) is 0.578. The van der Waals surface area contributed by atoms with E-state index < -0.39 is 0 Å². The van der Waals surface area contributed by atoms with Crippen molar-refractivity contribution in [1.29, 1.82) is 0 Å². The molecule has 74 valence electrons. The van der Waals surface area contributed by atoms with Crippen molar-refractivity contribution in [2.75, 3.05) is 0 Å². The highest BCUT2D eigenvalue weighted by Gasteiger charge is 2.02. The first-order valence-electron chi connectivity index (χ1n) is 3.90. The van der Waals surface area contributed by atoms with E-state index in [9.17, 15) is 4.79 Å². The molecule has 0 aliphatic carbocycles. The second-order valence-electron chi connectivity index (χ2n) is 2.59. The lowest BCUT2D eigenvalue weighted by molar-refractivity contribution is -0.107. The second-order valence-corrected chi connectivity index (χ2v) is 3.81. The van der Waals surface area contributed by atoms with Crippen molar-refractivity contribution in [3.63, 3.8) is 0 Å². The monoisotopic (exact) mass is 248 g/mol. The molecule has 0 saturated heterocycles. The fourth-order valence-corrected chi connectivity index (χ4v) is 1.53. The summed E-state index contributed by atoms with van der Waals surface area (Å²) >= 11 is 17.5. The van der Waals surface area contributed by atoms with Gasteiger partial charge in [0.25, 0.3) is 0 Å². The molecule has 0 N–H and O–H groups in total. The van der Waals surface area contributed by atoms with Crippen LogP contribution in [0.2, 0.25) is 15.1 Å². The van der Waals surface area contributed by atoms with Gasteiger partial charge in [-0.3, -0.25) is 0 Å². The fourth-order valence-electron chi connectivity index (χ4n) is 0.916. The Morgan fingerprint density at radius 1 is 1.07 bits per heavy atom. The number of hydrogen-bond donors (Lipinski definition) is 0. The van der Waals surface area contributed by atoms with Crippen LogP contribution < -0.4 is 0 Å². The van der Waals surface area contributed by atoms with Crippen molar-refractivity contribution in [3.05, 3.63) is 38.8 Å². The van der Waals surface area contributed by atoms with E-state index in [4.69, 9.17) is 34.8 Å². The summed E-state index contributed by atoms with van der Waals surface area (Å²) in [5.41, 5.74) is 0.753. The van der Waals surface area contributed by atoms with E-state index in [0.29, 0.717) is 21.5 Å². The van der Waals surface area contributed by atoms with Crippen LogP contribution in [0.3, 0.4) is 0 Å². The van der Waals surface area contributed by atoms with Crippen LogP contribution in [0, 0.1) is 0 Å². The number of carbonyl (C=O) groups excluding carboxylic acids is 1. The van der Waals surface area contributed by atoms with Crippen molar-refractivity contribution < 1.29 is 4.79 Å². The minimum atomic E-state index is 0.358. The van der Waals surface area contributed by atoms with Crippen molar-refractivity contribution in [3.8, 4) is 0 Å². The number of hydrogen-bond acceptors (Lipinski definition) is 1. The first-order valence-corrected chi connectivity index (χ1v) is 5.03. The molecule has 4 heteroatoms. The van der Waals surface area contributed by atoms with E-state index in [2.05, 4.69) is 0 Å². The number of carbonyl (C=O) groups is 1. The van der Waals surface area contributed by atoms with Gasteiger partial charge in [0.2, 0.25) is 0 Å². The Labute approximate surface area is 97.3 Å². The Bertz CT molecular complexity index is 372. The summed E-state index contributed by atoms with van der Waals surface area (Å²) in [6.07, 6.45) is 4.61. The summed E-state index contributed by atoms with van der Waals surface area (Å²) in [7, 11) is 0. The molecule has 0 atom stereocenters. The van der Waals surface area contributed by atoms with E-state index in [1.54, 1.807) is 24.3 Å². The third-order valence-corrected chi connectivity index (χ3v) is 2.62. The second kappa shape index (κ2) is 5.40. The maximum Gasteiger partial charge on any atom is 0.123 e. The number of aldehydes is 1. The van der Waals surface area contributed by atoms with Gasteiger partial charge in [-0.2, -0.15) is 0 Å². The molecule has 0 aliphatic rings. The summed E-state index contributed by atoms with van der Waals surface area (Å²) in [5, 5.41) is 1.38.